The fourth-order valence-electron chi connectivity index (χ4n) is 1.95. The van der Waals surface area contributed by atoms with E-state index >= 15 is 0 Å². The number of hydrogen-bond donors (Lipinski definition) is 0. The van der Waals surface area contributed by atoms with Crippen molar-refractivity contribution in [2.24, 2.45) is 4.99 Å². The number of halogens is 1. The van der Waals surface area contributed by atoms with Crippen molar-refractivity contribution in [1.82, 2.24) is 4.90 Å². The fourth-order valence-corrected chi connectivity index (χ4v) is 2.94. The maximum Gasteiger partial charge on any atom is 0.327 e. The van der Waals surface area contributed by atoms with Gasteiger partial charge in [0.05, 0.1) is 13.2 Å². The molecule has 0 amide bonds. The van der Waals surface area contributed by atoms with Crippen LogP contribution in [0.2, 0.25) is 0 Å². The Labute approximate surface area is 144 Å². The van der Waals surface area contributed by atoms with Crippen LogP contribution in [0.4, 0.5) is 0 Å². The van der Waals surface area contributed by atoms with Gasteiger partial charge in [-0.15, -0.1) is 0 Å². The second-order valence-corrected chi connectivity index (χ2v) is 5.53. The van der Waals surface area contributed by atoms with E-state index in [-0.39, 0.29) is 35.3 Å². The zero-order valence-electron chi connectivity index (χ0n) is 12.3. The number of Topliss-reactive ketones (excluding diaryl/α,β-unsaturated/α-hetero) is 1. The lowest BCUT2D eigenvalue weighted by Crippen LogP contribution is -3.00. The number of amidine groups is 1. The molecule has 0 radical (unpaired) electrons. The molecule has 1 aliphatic heterocycles. The Kier molecular flexibility index (Phi) is 8.19. The molecule has 0 atom stereocenters. The number of carbonyl (C=O) groups is 2. The Morgan fingerprint density at radius 1 is 1.32 bits per heavy atom. The summed E-state index contributed by atoms with van der Waals surface area (Å²) in [6, 6.07) is 9.19. The fraction of sp³-hybridized carbons (Fsp3) is 0.400. The smallest absolute Gasteiger partial charge is 0.327 e. The molecule has 0 aliphatic carbocycles. The molecule has 120 valence electrons. The van der Waals surface area contributed by atoms with Gasteiger partial charge < -0.3 is 26.6 Å². The van der Waals surface area contributed by atoms with E-state index in [1.54, 1.807) is 30.8 Å². The van der Waals surface area contributed by atoms with Gasteiger partial charge in [0.1, 0.15) is 6.54 Å². The van der Waals surface area contributed by atoms with Crippen molar-refractivity contribution in [3.05, 3.63) is 35.9 Å². The summed E-state index contributed by atoms with van der Waals surface area (Å²) in [5, 5.41) is 0.743. The van der Waals surface area contributed by atoms with Crippen LogP contribution in [0.15, 0.2) is 35.3 Å². The van der Waals surface area contributed by atoms with Crippen LogP contribution < -0.4 is 17.0 Å². The van der Waals surface area contributed by atoms with Crippen LogP contribution >= 0.6 is 11.8 Å². The topological polar surface area (TPSA) is 59.0 Å². The molecule has 0 unspecified atom stereocenters. The third-order valence-corrected chi connectivity index (χ3v) is 3.97. The normalized spacial score (nSPS) is 15.5. The maximum absolute atomic E-state index is 12.2. The highest BCUT2D eigenvalue weighted by Gasteiger charge is 2.22. The first-order valence-electron chi connectivity index (χ1n) is 6.86. The molecule has 5 nitrogen and oxygen atoms in total. The Morgan fingerprint density at radius 3 is 2.73 bits per heavy atom. The van der Waals surface area contributed by atoms with Crippen LogP contribution in [-0.2, 0) is 9.53 Å². The number of aliphatic imine (C=N–C) groups is 1. The van der Waals surface area contributed by atoms with E-state index in [9.17, 15) is 9.59 Å². The van der Waals surface area contributed by atoms with Crippen molar-refractivity contribution in [2.75, 3.05) is 32.0 Å². The summed E-state index contributed by atoms with van der Waals surface area (Å²) in [5.41, 5.74) is 0.694. The van der Waals surface area contributed by atoms with Crippen molar-refractivity contribution in [3.8, 4) is 0 Å². The number of hydrogen-bond acceptors (Lipinski definition) is 5. The third-order valence-electron chi connectivity index (χ3n) is 2.94. The summed E-state index contributed by atoms with van der Waals surface area (Å²) in [5.74, 6) is 0.595. The van der Waals surface area contributed by atoms with E-state index in [4.69, 9.17) is 4.74 Å². The van der Waals surface area contributed by atoms with E-state index < -0.39 is 0 Å². The Balaban J connectivity index is 0.00000242. The van der Waals surface area contributed by atoms with Crippen molar-refractivity contribution in [2.45, 2.75) is 6.92 Å². The van der Waals surface area contributed by atoms with E-state index in [1.165, 1.54) is 0 Å². The van der Waals surface area contributed by atoms with Crippen molar-refractivity contribution < 1.29 is 31.3 Å². The number of thioether (sulfide) groups is 1. The minimum Gasteiger partial charge on any atom is -1.00 e. The van der Waals surface area contributed by atoms with Gasteiger partial charge >= 0.3 is 5.97 Å². The van der Waals surface area contributed by atoms with E-state index in [2.05, 4.69) is 4.99 Å². The summed E-state index contributed by atoms with van der Waals surface area (Å²) < 4.78 is 4.85. The summed E-state index contributed by atoms with van der Waals surface area (Å²) in [6.45, 7) is 3.18. The number of nitrogens with zero attached hydrogens (tertiary/aromatic N) is 2. The minimum atomic E-state index is -0.341. The zero-order valence-corrected chi connectivity index (χ0v) is 14.7. The molecule has 0 bridgehead atoms. The van der Waals surface area contributed by atoms with Crippen LogP contribution in [-0.4, -0.2) is 53.8 Å². The van der Waals surface area contributed by atoms with Crippen molar-refractivity contribution in [1.29, 1.82) is 0 Å². The third kappa shape index (κ3) is 5.46. The molecule has 1 aliphatic rings. The van der Waals surface area contributed by atoms with Gasteiger partial charge in [0, 0.05) is 17.9 Å². The Hall–Kier alpha value is -1.34. The molecule has 1 aromatic rings. The molecule has 1 heterocycles. The zero-order chi connectivity index (χ0) is 15.1. The van der Waals surface area contributed by atoms with Crippen LogP contribution in [0.25, 0.3) is 0 Å². The molecular weight excluding hydrogens is 368 g/mol. The number of ketones is 1. The van der Waals surface area contributed by atoms with Crippen molar-refractivity contribution >= 4 is 28.7 Å². The molecule has 0 N–H and O–H groups in total. The van der Waals surface area contributed by atoms with Gasteiger partial charge in [-0.3, -0.25) is 14.6 Å². The molecule has 22 heavy (non-hydrogen) atoms. The maximum atomic E-state index is 12.2. The predicted molar refractivity (Wildman–Crippen MR) is 83.7 cm³/mol. The van der Waals surface area contributed by atoms with Crippen LogP contribution in [0, 0.1) is 0 Å². The van der Waals surface area contributed by atoms with Gasteiger partial charge in [0.25, 0.3) is 0 Å². The minimum absolute atomic E-state index is 0. The molecule has 0 aromatic heterocycles. The Bertz CT molecular complexity index is 537. The number of benzene rings is 1. The molecule has 1 fully saturated rings. The highest BCUT2D eigenvalue weighted by Crippen LogP contribution is 2.18. The monoisotopic (exact) mass is 385 g/mol. The second-order valence-electron chi connectivity index (χ2n) is 4.46. The molecule has 1 saturated heterocycles. The first-order chi connectivity index (χ1) is 10.2. The number of carbonyl (C=O) groups excluding carboxylic acids is 2. The SMILES string of the molecule is CCOC(=O)CN=C1SCCN1CC(=O)c1ccccc1.[Br-]. The quantitative estimate of drug-likeness (QED) is 0.456. The standard InChI is InChI=1S/C15H18N2O3S.BrH/c1-2-20-14(19)10-16-15-17(8-9-21-15)11-13(18)12-6-4-3-5-7-12;/h3-7H,2,8-11H2,1H3;1H/p-1. The van der Waals surface area contributed by atoms with Gasteiger partial charge in [0.2, 0.25) is 0 Å². The van der Waals surface area contributed by atoms with Gasteiger partial charge in [-0.05, 0) is 6.92 Å². The summed E-state index contributed by atoms with van der Waals surface area (Å²) >= 11 is 1.56. The lowest BCUT2D eigenvalue weighted by molar-refractivity contribution is -0.141. The van der Waals surface area contributed by atoms with Crippen LogP contribution in [0.5, 0.6) is 0 Å². The summed E-state index contributed by atoms with van der Waals surface area (Å²) in [4.78, 5) is 29.7. The van der Waals surface area contributed by atoms with Crippen LogP contribution in [0.1, 0.15) is 17.3 Å². The van der Waals surface area contributed by atoms with E-state index in [1.807, 2.05) is 23.1 Å². The molecule has 7 heteroatoms. The first kappa shape index (κ1) is 18.7. The van der Waals surface area contributed by atoms with Gasteiger partial charge in [-0.1, -0.05) is 42.1 Å². The summed E-state index contributed by atoms with van der Waals surface area (Å²) in [6.07, 6.45) is 0. The van der Waals surface area contributed by atoms with E-state index in [0.717, 1.165) is 17.5 Å². The molecule has 1 aromatic carbocycles. The second kappa shape index (κ2) is 9.63. The number of rotatable bonds is 6. The van der Waals surface area contributed by atoms with Gasteiger partial charge in [0.15, 0.2) is 11.0 Å². The molecule has 0 saturated carbocycles. The van der Waals surface area contributed by atoms with Crippen LogP contribution in [0.3, 0.4) is 0 Å². The van der Waals surface area contributed by atoms with Crippen molar-refractivity contribution in [3.63, 3.8) is 0 Å². The Morgan fingerprint density at radius 2 is 2.05 bits per heavy atom. The molecular formula is C15H18BrN2O3S-. The average molecular weight is 386 g/mol. The number of ether oxygens (including phenoxy) is 1. The highest BCUT2D eigenvalue weighted by molar-refractivity contribution is 8.14. The lowest BCUT2D eigenvalue weighted by atomic mass is 10.1. The average Bonchev–Trinajstić information content (AvgIpc) is 2.93. The largest absolute Gasteiger partial charge is 1.00 e. The molecule has 0 spiro atoms. The van der Waals surface area contributed by atoms with Gasteiger partial charge in [-0.2, -0.15) is 0 Å². The molecule has 2 rings (SSSR count). The highest BCUT2D eigenvalue weighted by atomic mass is 79.9. The van der Waals surface area contributed by atoms with Gasteiger partial charge in [-0.25, -0.2) is 0 Å². The van der Waals surface area contributed by atoms with E-state index in [0.29, 0.717) is 18.7 Å². The predicted octanol–water partition coefficient (Wildman–Crippen LogP) is -1.16. The summed E-state index contributed by atoms with van der Waals surface area (Å²) in [7, 11) is 0. The lowest BCUT2D eigenvalue weighted by Gasteiger charge is -2.16. The number of esters is 1. The first-order valence-corrected chi connectivity index (χ1v) is 7.85.